The van der Waals surface area contributed by atoms with Gasteiger partial charge in [0.15, 0.2) is 0 Å². The van der Waals surface area contributed by atoms with Crippen molar-refractivity contribution >= 4 is 17.7 Å². The molecule has 342 valence electrons. The first kappa shape index (κ1) is 54.3. The van der Waals surface area contributed by atoms with Crippen LogP contribution in [0.2, 0.25) is 0 Å². The second-order valence-corrected chi connectivity index (χ2v) is 11.8. The van der Waals surface area contributed by atoms with Crippen LogP contribution in [0.25, 0.3) is 0 Å². The van der Waals surface area contributed by atoms with E-state index in [0.717, 1.165) is 6.92 Å². The molecule has 0 aliphatic carbocycles. The van der Waals surface area contributed by atoms with E-state index in [1.165, 1.54) is 10.6 Å². The summed E-state index contributed by atoms with van der Waals surface area (Å²) in [6.07, 6.45) is -25.4. The average molecular weight is 919 g/mol. The van der Waals surface area contributed by atoms with Crippen molar-refractivity contribution in [2.75, 3.05) is 26.2 Å². The molecule has 0 spiro atoms. The highest BCUT2D eigenvalue weighted by atomic mass is 19.4. The molecule has 0 atom stereocenters. The maximum Gasteiger partial charge on any atom is 0.460 e. The van der Waals surface area contributed by atoms with Gasteiger partial charge in [0, 0.05) is 57.4 Å². The van der Waals surface area contributed by atoms with E-state index in [9.17, 15) is 129 Å². The van der Waals surface area contributed by atoms with Crippen molar-refractivity contribution in [1.29, 1.82) is 0 Å². The van der Waals surface area contributed by atoms with Crippen molar-refractivity contribution in [3.63, 3.8) is 0 Å². The zero-order valence-corrected chi connectivity index (χ0v) is 27.9. The summed E-state index contributed by atoms with van der Waals surface area (Å²) < 4.78 is 343. The molecular weight excluding hydrogens is 896 g/mol. The molecule has 0 fully saturated rings. The number of nitrogens with zero attached hydrogens (tertiary/aromatic N) is 1. The third-order valence-electron chi connectivity index (χ3n) is 7.39. The van der Waals surface area contributed by atoms with Crippen LogP contribution in [-0.2, 0) is 14.4 Å². The summed E-state index contributed by atoms with van der Waals surface area (Å²) in [6.45, 7) is 0.218. The maximum absolute atomic E-state index is 13.9. The van der Waals surface area contributed by atoms with Crippen LogP contribution in [-0.4, -0.2) is 120 Å². The first-order valence-electron chi connectivity index (χ1n) is 14.6. The second kappa shape index (κ2) is 16.8. The highest BCUT2D eigenvalue weighted by Crippen LogP contribution is 2.62. The standard InChI is InChI=1S/C26H23F26N3O3/c1-11(2)14(58)55(9-7-53-12(56)3-5-15(27,28)17(31,32)19(35,36)21(39,40)23(43,44)25(47,48)49)10-8-54-13(57)4-6-16(29,30)18(33,34)20(37,38)22(41,42)24(45,46)26(50,51)52/h1,3-10H2,2H3,(H,53,56)(H,54,57). The van der Waals surface area contributed by atoms with Crippen LogP contribution >= 0.6 is 0 Å². The fourth-order valence-electron chi connectivity index (χ4n) is 3.88. The molecule has 0 aromatic heterocycles. The number of rotatable bonds is 21. The van der Waals surface area contributed by atoms with Gasteiger partial charge < -0.3 is 15.5 Å². The Hall–Kier alpha value is -3.67. The van der Waals surface area contributed by atoms with Gasteiger partial charge in [0.1, 0.15) is 0 Å². The molecule has 0 heterocycles. The summed E-state index contributed by atoms with van der Waals surface area (Å²) in [7, 11) is 0. The molecule has 6 nitrogen and oxygen atoms in total. The molecule has 32 heteroatoms. The number of hydrogen-bond donors (Lipinski definition) is 2. The Bertz CT molecular complexity index is 1390. The van der Waals surface area contributed by atoms with Crippen molar-refractivity contribution in [2.45, 2.75) is 104 Å². The lowest BCUT2D eigenvalue weighted by molar-refractivity contribution is -0.440. The lowest BCUT2D eigenvalue weighted by Crippen LogP contribution is -2.70. The Morgan fingerprint density at radius 1 is 0.431 bits per heavy atom. The van der Waals surface area contributed by atoms with E-state index in [4.69, 9.17) is 0 Å². The quantitative estimate of drug-likeness (QED) is 0.0895. The Kier molecular flexibility index (Phi) is 15.7. The summed E-state index contributed by atoms with van der Waals surface area (Å²) in [5.41, 5.74) is -0.441. The lowest BCUT2D eigenvalue weighted by atomic mass is 9.92. The van der Waals surface area contributed by atoms with Crippen LogP contribution in [0.3, 0.4) is 0 Å². The van der Waals surface area contributed by atoms with Crippen molar-refractivity contribution in [1.82, 2.24) is 15.5 Å². The Morgan fingerprint density at radius 3 is 0.897 bits per heavy atom. The van der Waals surface area contributed by atoms with E-state index < -0.39 is 147 Å². The fourth-order valence-corrected chi connectivity index (χ4v) is 3.88. The zero-order chi connectivity index (χ0) is 47.0. The Morgan fingerprint density at radius 2 is 0.672 bits per heavy atom. The first-order chi connectivity index (χ1) is 25.2. The normalized spacial score (nSPS) is 14.9. The van der Waals surface area contributed by atoms with Gasteiger partial charge in [-0.15, -0.1) is 0 Å². The third kappa shape index (κ3) is 9.85. The predicted octanol–water partition coefficient (Wildman–Crippen LogP) is 8.66. The van der Waals surface area contributed by atoms with Crippen molar-refractivity contribution in [3.05, 3.63) is 12.2 Å². The number of hydrogen-bond acceptors (Lipinski definition) is 3. The van der Waals surface area contributed by atoms with Gasteiger partial charge in [-0.05, 0) is 6.92 Å². The fraction of sp³-hybridized carbons (Fsp3) is 0.808. The van der Waals surface area contributed by atoms with Crippen molar-refractivity contribution in [3.8, 4) is 0 Å². The summed E-state index contributed by atoms with van der Waals surface area (Å²) in [5, 5.41) is 3.05. The minimum Gasteiger partial charge on any atom is -0.354 e. The molecular formula is C26H23F26N3O3. The SMILES string of the molecule is C=C(C)C(=O)N(CCNC(=O)CCC(F)(F)C(F)(F)C(F)(F)C(F)(F)C(F)(F)C(F)(F)F)CCNC(=O)CCC(F)(F)C(F)(F)C(F)(F)C(F)(F)C(F)(F)C(F)(F)F. The molecule has 0 radical (unpaired) electrons. The Labute approximate surface area is 305 Å². The van der Waals surface area contributed by atoms with Gasteiger partial charge in [-0.2, -0.15) is 114 Å². The topological polar surface area (TPSA) is 78.5 Å². The number of amides is 3. The first-order valence-corrected chi connectivity index (χ1v) is 14.6. The van der Waals surface area contributed by atoms with Crippen LogP contribution in [0.1, 0.15) is 32.6 Å². The van der Waals surface area contributed by atoms with Crippen LogP contribution < -0.4 is 10.6 Å². The van der Waals surface area contributed by atoms with Gasteiger partial charge in [0.2, 0.25) is 17.7 Å². The molecule has 58 heavy (non-hydrogen) atoms. The third-order valence-corrected chi connectivity index (χ3v) is 7.39. The molecule has 0 aliphatic heterocycles. The number of nitrogens with one attached hydrogen (secondary N) is 2. The van der Waals surface area contributed by atoms with Crippen LogP contribution in [0.5, 0.6) is 0 Å². The minimum absolute atomic E-state index is 0.441. The highest BCUT2D eigenvalue weighted by molar-refractivity contribution is 5.92. The predicted molar refractivity (Wildman–Crippen MR) is 137 cm³/mol. The zero-order valence-electron chi connectivity index (χ0n) is 27.9. The van der Waals surface area contributed by atoms with Gasteiger partial charge in [0.25, 0.3) is 0 Å². The molecule has 0 aromatic rings. The van der Waals surface area contributed by atoms with Gasteiger partial charge >= 0.3 is 71.6 Å². The van der Waals surface area contributed by atoms with E-state index >= 15 is 0 Å². The van der Waals surface area contributed by atoms with E-state index in [1.54, 1.807) is 0 Å². The molecule has 0 saturated carbocycles. The molecule has 0 unspecified atom stereocenters. The monoisotopic (exact) mass is 919 g/mol. The average Bonchev–Trinajstić information content (AvgIpc) is 3.03. The van der Waals surface area contributed by atoms with Gasteiger partial charge in [-0.3, -0.25) is 14.4 Å². The smallest absolute Gasteiger partial charge is 0.354 e. The van der Waals surface area contributed by atoms with Crippen LogP contribution in [0.15, 0.2) is 12.2 Å². The summed E-state index contributed by atoms with van der Waals surface area (Å²) in [4.78, 5) is 36.4. The van der Waals surface area contributed by atoms with Crippen LogP contribution in [0, 0.1) is 0 Å². The largest absolute Gasteiger partial charge is 0.460 e. The van der Waals surface area contributed by atoms with Crippen LogP contribution in [0.4, 0.5) is 114 Å². The second-order valence-electron chi connectivity index (χ2n) is 11.8. The molecule has 2 N–H and O–H groups in total. The number of alkyl halides is 26. The number of carbonyl (C=O) groups is 3. The molecule has 0 bridgehead atoms. The van der Waals surface area contributed by atoms with Gasteiger partial charge in [0.05, 0.1) is 0 Å². The van der Waals surface area contributed by atoms with E-state index in [0.29, 0.717) is 4.90 Å². The van der Waals surface area contributed by atoms with E-state index in [1.807, 2.05) is 0 Å². The highest BCUT2D eigenvalue weighted by Gasteiger charge is 2.92. The maximum atomic E-state index is 13.9. The lowest BCUT2D eigenvalue weighted by Gasteiger charge is -2.39. The molecule has 3 amide bonds. The van der Waals surface area contributed by atoms with E-state index in [-0.39, 0.29) is 0 Å². The summed E-state index contributed by atoms with van der Waals surface area (Å²) >= 11 is 0. The molecule has 0 aromatic carbocycles. The van der Waals surface area contributed by atoms with Crippen molar-refractivity contribution < 1.29 is 129 Å². The summed E-state index contributed by atoms with van der Waals surface area (Å²) in [6, 6.07) is 0. The molecule has 0 aliphatic rings. The number of carbonyl (C=O) groups excluding carboxylic acids is 3. The molecule has 0 rings (SSSR count). The van der Waals surface area contributed by atoms with E-state index in [2.05, 4.69) is 6.58 Å². The number of halogens is 26. The Balaban J connectivity index is 5.58. The van der Waals surface area contributed by atoms with Gasteiger partial charge in [-0.1, -0.05) is 6.58 Å². The minimum atomic E-state index is -8.20. The summed E-state index contributed by atoms with van der Waals surface area (Å²) in [5.74, 6) is -82.3. The van der Waals surface area contributed by atoms with Crippen molar-refractivity contribution in [2.24, 2.45) is 0 Å². The van der Waals surface area contributed by atoms with Gasteiger partial charge in [-0.25, -0.2) is 0 Å². The molecule has 0 saturated heterocycles.